The average Bonchev–Trinajstić information content (AvgIpc) is 2.80. The largest absolute Gasteiger partial charge is 0.466 e. The van der Waals surface area contributed by atoms with Gasteiger partial charge in [-0.15, -0.1) is 0 Å². The molecule has 0 spiro atoms. The lowest BCUT2D eigenvalue weighted by Gasteiger charge is -2.32. The molecule has 34 heavy (non-hydrogen) atoms. The predicted molar refractivity (Wildman–Crippen MR) is 136 cm³/mol. The van der Waals surface area contributed by atoms with E-state index in [0.29, 0.717) is 24.6 Å². The molecule has 6 heteroatoms. The Labute approximate surface area is 205 Å². The standard InChI is InChI=1S/C28H39NO4S/c1-6-33-27(30)23-13-11-22(12-14-23)19-29(20-24-10-8-7-9-21(24)2)34(31,32)26-17-15-25(16-18-26)28(3,4)5/h7-10,15-18,22-23H,6,11-14,19-20H2,1-5H3. The molecule has 0 radical (unpaired) electrons. The van der Waals surface area contributed by atoms with Crippen molar-refractivity contribution in [2.75, 3.05) is 13.2 Å². The number of aryl methyl sites for hydroxylation is 1. The number of ether oxygens (including phenoxy) is 1. The normalized spacial score (nSPS) is 19.2. The molecule has 0 atom stereocenters. The number of benzene rings is 2. The summed E-state index contributed by atoms with van der Waals surface area (Å²) in [6.07, 6.45) is 3.16. The van der Waals surface area contributed by atoms with Crippen LogP contribution in [0.2, 0.25) is 0 Å². The number of carbonyl (C=O) groups is 1. The van der Waals surface area contributed by atoms with Crippen LogP contribution in [0.15, 0.2) is 53.4 Å². The van der Waals surface area contributed by atoms with Crippen LogP contribution in [0, 0.1) is 18.8 Å². The van der Waals surface area contributed by atoms with Gasteiger partial charge in [-0.1, -0.05) is 57.2 Å². The number of rotatable bonds is 8. The minimum atomic E-state index is -3.67. The summed E-state index contributed by atoms with van der Waals surface area (Å²) in [5, 5.41) is 0. The second-order valence-electron chi connectivity index (χ2n) is 10.5. The van der Waals surface area contributed by atoms with Crippen molar-refractivity contribution in [3.05, 3.63) is 65.2 Å². The fourth-order valence-electron chi connectivity index (χ4n) is 4.63. The predicted octanol–water partition coefficient (Wildman–Crippen LogP) is 5.85. The van der Waals surface area contributed by atoms with Crippen molar-refractivity contribution < 1.29 is 17.9 Å². The Morgan fingerprint density at radius 2 is 1.62 bits per heavy atom. The van der Waals surface area contributed by atoms with Crippen LogP contribution in [0.25, 0.3) is 0 Å². The second kappa shape index (κ2) is 11.0. The number of sulfonamides is 1. The maximum Gasteiger partial charge on any atom is 0.308 e. The summed E-state index contributed by atoms with van der Waals surface area (Å²) in [6, 6.07) is 15.2. The summed E-state index contributed by atoms with van der Waals surface area (Å²) >= 11 is 0. The van der Waals surface area contributed by atoms with Gasteiger partial charge < -0.3 is 4.74 Å². The van der Waals surface area contributed by atoms with Crippen molar-refractivity contribution in [2.24, 2.45) is 11.8 Å². The SMILES string of the molecule is CCOC(=O)C1CCC(CN(Cc2ccccc2C)S(=O)(=O)c2ccc(C(C)(C)C)cc2)CC1. The summed E-state index contributed by atoms with van der Waals surface area (Å²) in [5.41, 5.74) is 3.16. The first-order chi connectivity index (χ1) is 16.0. The first-order valence-electron chi connectivity index (χ1n) is 12.3. The zero-order valence-electron chi connectivity index (χ0n) is 21.2. The lowest BCUT2D eigenvalue weighted by molar-refractivity contribution is -0.149. The summed E-state index contributed by atoms with van der Waals surface area (Å²) in [5.74, 6) is 0.0326. The number of carbonyl (C=O) groups excluding carboxylic acids is 1. The number of esters is 1. The van der Waals surface area contributed by atoms with Crippen LogP contribution in [0.1, 0.15) is 70.1 Å². The fourth-order valence-corrected chi connectivity index (χ4v) is 6.12. The minimum Gasteiger partial charge on any atom is -0.466 e. The molecule has 5 nitrogen and oxygen atoms in total. The van der Waals surface area contributed by atoms with Crippen molar-refractivity contribution in [1.82, 2.24) is 4.31 Å². The molecule has 0 bridgehead atoms. The van der Waals surface area contributed by atoms with Crippen LogP contribution in [-0.2, 0) is 31.5 Å². The second-order valence-corrected chi connectivity index (χ2v) is 12.4. The van der Waals surface area contributed by atoms with Crippen molar-refractivity contribution in [3.63, 3.8) is 0 Å². The Hall–Kier alpha value is -2.18. The highest BCUT2D eigenvalue weighted by molar-refractivity contribution is 7.89. The Morgan fingerprint density at radius 1 is 1.00 bits per heavy atom. The highest BCUT2D eigenvalue weighted by Crippen LogP contribution is 2.32. The third-order valence-corrected chi connectivity index (χ3v) is 8.72. The van der Waals surface area contributed by atoms with E-state index in [-0.39, 0.29) is 23.2 Å². The first kappa shape index (κ1) is 26.4. The van der Waals surface area contributed by atoms with Crippen LogP contribution < -0.4 is 0 Å². The van der Waals surface area contributed by atoms with E-state index in [1.165, 1.54) is 0 Å². The third kappa shape index (κ3) is 6.48. The molecule has 1 saturated carbocycles. The Kier molecular flexibility index (Phi) is 8.58. The van der Waals surface area contributed by atoms with Gasteiger partial charge in [0, 0.05) is 13.1 Å². The van der Waals surface area contributed by atoms with Crippen LogP contribution in [0.3, 0.4) is 0 Å². The molecule has 0 N–H and O–H groups in total. The molecule has 1 aliphatic rings. The Morgan fingerprint density at radius 3 is 2.18 bits per heavy atom. The maximum absolute atomic E-state index is 13.8. The molecule has 186 valence electrons. The van der Waals surface area contributed by atoms with Gasteiger partial charge in [0.15, 0.2) is 0 Å². The molecule has 0 amide bonds. The van der Waals surface area contributed by atoms with Gasteiger partial charge in [0.05, 0.1) is 17.4 Å². The molecule has 0 aliphatic heterocycles. The number of hydrogen-bond donors (Lipinski definition) is 0. The quantitative estimate of drug-likeness (QED) is 0.440. The molecular formula is C28H39NO4S. The molecule has 0 saturated heterocycles. The average molecular weight is 486 g/mol. The van der Waals surface area contributed by atoms with Crippen LogP contribution in [0.4, 0.5) is 0 Å². The lowest BCUT2D eigenvalue weighted by atomic mass is 9.82. The summed E-state index contributed by atoms with van der Waals surface area (Å²) in [6.45, 7) is 11.4. The van der Waals surface area contributed by atoms with E-state index in [1.807, 2.05) is 50.2 Å². The highest BCUT2D eigenvalue weighted by Gasteiger charge is 2.32. The van der Waals surface area contributed by atoms with E-state index in [1.54, 1.807) is 16.4 Å². The van der Waals surface area contributed by atoms with Gasteiger partial charge in [-0.3, -0.25) is 4.79 Å². The zero-order chi connectivity index (χ0) is 24.9. The zero-order valence-corrected chi connectivity index (χ0v) is 22.0. The van der Waals surface area contributed by atoms with Gasteiger partial charge in [0.2, 0.25) is 10.0 Å². The minimum absolute atomic E-state index is 0.0410. The maximum atomic E-state index is 13.8. The lowest BCUT2D eigenvalue weighted by Crippen LogP contribution is -2.37. The summed E-state index contributed by atoms with van der Waals surface area (Å²) in [4.78, 5) is 12.4. The van der Waals surface area contributed by atoms with Crippen molar-refractivity contribution in [3.8, 4) is 0 Å². The van der Waals surface area contributed by atoms with E-state index >= 15 is 0 Å². The van der Waals surface area contributed by atoms with E-state index in [9.17, 15) is 13.2 Å². The molecule has 2 aromatic rings. The van der Waals surface area contributed by atoms with E-state index in [4.69, 9.17) is 4.74 Å². The molecule has 3 rings (SSSR count). The van der Waals surface area contributed by atoms with Crippen LogP contribution in [-0.4, -0.2) is 31.8 Å². The third-order valence-electron chi connectivity index (χ3n) is 6.89. The molecule has 2 aromatic carbocycles. The van der Waals surface area contributed by atoms with Crippen LogP contribution >= 0.6 is 0 Å². The molecule has 1 fully saturated rings. The summed E-state index contributed by atoms with van der Waals surface area (Å²) in [7, 11) is -3.67. The molecule has 0 unspecified atom stereocenters. The first-order valence-corrected chi connectivity index (χ1v) is 13.8. The van der Waals surface area contributed by atoms with E-state index < -0.39 is 10.0 Å². The van der Waals surface area contributed by atoms with E-state index in [2.05, 4.69) is 20.8 Å². The fraction of sp³-hybridized carbons (Fsp3) is 0.536. The monoisotopic (exact) mass is 485 g/mol. The molecular weight excluding hydrogens is 446 g/mol. The smallest absolute Gasteiger partial charge is 0.308 e. The van der Waals surface area contributed by atoms with Gasteiger partial charge in [-0.05, 0) is 79.7 Å². The van der Waals surface area contributed by atoms with Gasteiger partial charge in [-0.25, -0.2) is 8.42 Å². The van der Waals surface area contributed by atoms with Gasteiger partial charge >= 0.3 is 5.97 Å². The number of hydrogen-bond acceptors (Lipinski definition) is 4. The van der Waals surface area contributed by atoms with E-state index in [0.717, 1.165) is 42.4 Å². The van der Waals surface area contributed by atoms with Crippen LogP contribution in [0.5, 0.6) is 0 Å². The molecule has 0 aromatic heterocycles. The van der Waals surface area contributed by atoms with Gasteiger partial charge in [-0.2, -0.15) is 4.31 Å². The highest BCUT2D eigenvalue weighted by atomic mass is 32.2. The molecule has 0 heterocycles. The topological polar surface area (TPSA) is 63.7 Å². The summed E-state index contributed by atoms with van der Waals surface area (Å²) < 4.78 is 34.4. The Bertz CT molecular complexity index is 1060. The Balaban J connectivity index is 1.82. The number of nitrogens with zero attached hydrogens (tertiary/aromatic N) is 1. The van der Waals surface area contributed by atoms with Gasteiger partial charge in [0.1, 0.15) is 0 Å². The molecule has 1 aliphatic carbocycles. The van der Waals surface area contributed by atoms with Crippen molar-refractivity contribution >= 4 is 16.0 Å². The van der Waals surface area contributed by atoms with Crippen molar-refractivity contribution in [1.29, 1.82) is 0 Å². The van der Waals surface area contributed by atoms with Gasteiger partial charge in [0.25, 0.3) is 0 Å². The van der Waals surface area contributed by atoms with Crippen molar-refractivity contribution in [2.45, 2.75) is 77.2 Å².